The molecule has 0 atom stereocenters. The first-order chi connectivity index (χ1) is 8.71. The zero-order chi connectivity index (χ0) is 13.4. The molecule has 0 amide bonds. The van der Waals surface area contributed by atoms with Gasteiger partial charge in [-0.05, 0) is 42.2 Å². The normalized spacial score (nSPS) is 11.1. The minimum Gasteiger partial charge on any atom is -0.465 e. The quantitative estimate of drug-likeness (QED) is 0.439. The third kappa shape index (κ3) is 4.17. The smallest absolute Gasteiger partial charge is 0.337 e. The van der Waals surface area contributed by atoms with Gasteiger partial charge in [0.15, 0.2) is 0 Å². The van der Waals surface area contributed by atoms with Crippen LogP contribution >= 0.6 is 0 Å². The fraction of sp³-hybridized carbons (Fsp3) is 0.333. The summed E-state index contributed by atoms with van der Waals surface area (Å²) in [4.78, 5) is 22.1. The SMILES string of the molecule is CCCCC(C=O)=Cc1ccc(C(=O)OC)cc1. The first kappa shape index (κ1) is 14.2. The van der Waals surface area contributed by atoms with E-state index < -0.39 is 0 Å². The molecular weight excluding hydrogens is 228 g/mol. The first-order valence-electron chi connectivity index (χ1n) is 6.05. The van der Waals surface area contributed by atoms with E-state index in [4.69, 9.17) is 0 Å². The van der Waals surface area contributed by atoms with Crippen LogP contribution in [0.5, 0.6) is 0 Å². The van der Waals surface area contributed by atoms with E-state index in [1.807, 2.05) is 18.2 Å². The number of hydrogen-bond acceptors (Lipinski definition) is 3. The predicted octanol–water partition coefficient (Wildman–Crippen LogP) is 3.25. The van der Waals surface area contributed by atoms with Crippen LogP contribution in [-0.4, -0.2) is 19.4 Å². The van der Waals surface area contributed by atoms with Crippen LogP contribution in [0.15, 0.2) is 29.8 Å². The number of esters is 1. The van der Waals surface area contributed by atoms with E-state index >= 15 is 0 Å². The summed E-state index contributed by atoms with van der Waals surface area (Å²) in [6.45, 7) is 2.09. The van der Waals surface area contributed by atoms with Crippen molar-refractivity contribution in [3.63, 3.8) is 0 Å². The van der Waals surface area contributed by atoms with Gasteiger partial charge in [-0.25, -0.2) is 4.79 Å². The van der Waals surface area contributed by atoms with Crippen LogP contribution in [0, 0.1) is 0 Å². The fourth-order valence-corrected chi connectivity index (χ4v) is 1.59. The number of rotatable bonds is 6. The Bertz CT molecular complexity index is 430. The van der Waals surface area contributed by atoms with E-state index in [1.54, 1.807) is 12.1 Å². The van der Waals surface area contributed by atoms with Crippen molar-refractivity contribution in [3.8, 4) is 0 Å². The molecule has 1 aromatic carbocycles. The Balaban J connectivity index is 2.80. The average molecular weight is 246 g/mol. The molecule has 3 heteroatoms. The molecule has 0 heterocycles. The molecule has 0 aromatic heterocycles. The Morgan fingerprint density at radius 1 is 1.28 bits per heavy atom. The molecule has 0 bridgehead atoms. The van der Waals surface area contributed by atoms with Gasteiger partial charge in [0.2, 0.25) is 0 Å². The van der Waals surface area contributed by atoms with Crippen molar-refractivity contribution in [2.75, 3.05) is 7.11 Å². The van der Waals surface area contributed by atoms with Gasteiger partial charge in [-0.15, -0.1) is 0 Å². The number of carbonyl (C=O) groups is 2. The van der Waals surface area contributed by atoms with Gasteiger partial charge in [-0.2, -0.15) is 0 Å². The summed E-state index contributed by atoms with van der Waals surface area (Å²) in [5.74, 6) is -0.355. The van der Waals surface area contributed by atoms with Crippen LogP contribution < -0.4 is 0 Å². The third-order valence-corrected chi connectivity index (χ3v) is 2.65. The maximum atomic E-state index is 11.3. The summed E-state index contributed by atoms with van der Waals surface area (Å²) < 4.78 is 4.62. The van der Waals surface area contributed by atoms with Gasteiger partial charge in [-0.1, -0.05) is 25.5 Å². The topological polar surface area (TPSA) is 43.4 Å². The Kier molecular flexibility index (Phi) is 5.85. The second-order valence-corrected chi connectivity index (χ2v) is 4.05. The molecule has 0 spiro atoms. The largest absolute Gasteiger partial charge is 0.465 e. The molecule has 3 nitrogen and oxygen atoms in total. The fourth-order valence-electron chi connectivity index (χ4n) is 1.59. The van der Waals surface area contributed by atoms with Crippen molar-refractivity contribution in [1.29, 1.82) is 0 Å². The molecule has 18 heavy (non-hydrogen) atoms. The van der Waals surface area contributed by atoms with Crippen molar-refractivity contribution in [2.45, 2.75) is 26.2 Å². The van der Waals surface area contributed by atoms with Crippen molar-refractivity contribution in [2.24, 2.45) is 0 Å². The number of unbranched alkanes of at least 4 members (excludes halogenated alkanes) is 1. The Morgan fingerprint density at radius 3 is 2.44 bits per heavy atom. The summed E-state index contributed by atoms with van der Waals surface area (Å²) in [6, 6.07) is 7.00. The molecule has 0 saturated carbocycles. The molecule has 0 unspecified atom stereocenters. The number of benzene rings is 1. The molecule has 0 aliphatic heterocycles. The Morgan fingerprint density at radius 2 is 1.94 bits per heavy atom. The Labute approximate surface area is 107 Å². The molecule has 1 aromatic rings. The first-order valence-corrected chi connectivity index (χ1v) is 6.05. The minimum atomic E-state index is -0.355. The maximum absolute atomic E-state index is 11.3. The van der Waals surface area contributed by atoms with Crippen LogP contribution in [0.4, 0.5) is 0 Å². The van der Waals surface area contributed by atoms with Gasteiger partial charge < -0.3 is 4.74 Å². The van der Waals surface area contributed by atoms with E-state index in [1.165, 1.54) is 7.11 Å². The lowest BCUT2D eigenvalue weighted by Gasteiger charge is -2.01. The van der Waals surface area contributed by atoms with E-state index in [-0.39, 0.29) is 5.97 Å². The molecule has 1 rings (SSSR count). The second kappa shape index (κ2) is 7.43. The van der Waals surface area contributed by atoms with Gasteiger partial charge in [0.1, 0.15) is 6.29 Å². The number of aldehydes is 1. The zero-order valence-corrected chi connectivity index (χ0v) is 10.8. The third-order valence-electron chi connectivity index (χ3n) is 2.65. The molecule has 0 fully saturated rings. The lowest BCUT2D eigenvalue weighted by atomic mass is 10.1. The van der Waals surface area contributed by atoms with E-state index in [2.05, 4.69) is 11.7 Å². The summed E-state index contributed by atoms with van der Waals surface area (Å²) in [7, 11) is 1.35. The van der Waals surface area contributed by atoms with E-state index in [0.29, 0.717) is 5.56 Å². The summed E-state index contributed by atoms with van der Waals surface area (Å²) in [5.41, 5.74) is 2.21. The van der Waals surface area contributed by atoms with Gasteiger partial charge >= 0.3 is 5.97 Å². The molecule has 0 aliphatic carbocycles. The van der Waals surface area contributed by atoms with Gasteiger partial charge in [0.05, 0.1) is 12.7 Å². The van der Waals surface area contributed by atoms with E-state index in [0.717, 1.165) is 36.7 Å². The Hall–Kier alpha value is -1.90. The second-order valence-electron chi connectivity index (χ2n) is 4.05. The van der Waals surface area contributed by atoms with Crippen molar-refractivity contribution >= 4 is 18.3 Å². The summed E-state index contributed by atoms with van der Waals surface area (Å²) in [5, 5.41) is 0. The standard InChI is InChI=1S/C15H18O3/c1-3-4-5-13(11-16)10-12-6-8-14(9-7-12)15(17)18-2/h6-11H,3-5H2,1-2H3. The summed E-state index contributed by atoms with van der Waals surface area (Å²) in [6.07, 6.45) is 5.60. The number of hydrogen-bond donors (Lipinski definition) is 0. The predicted molar refractivity (Wildman–Crippen MR) is 71.3 cm³/mol. The number of ether oxygens (including phenoxy) is 1. The molecule has 0 saturated heterocycles. The van der Waals surface area contributed by atoms with Gasteiger partial charge in [0.25, 0.3) is 0 Å². The van der Waals surface area contributed by atoms with Crippen LogP contribution in [0.25, 0.3) is 6.08 Å². The lowest BCUT2D eigenvalue weighted by molar-refractivity contribution is -0.105. The lowest BCUT2D eigenvalue weighted by Crippen LogP contribution is -2.00. The molecular formula is C15H18O3. The molecule has 96 valence electrons. The van der Waals surface area contributed by atoms with Gasteiger partial charge in [0, 0.05) is 0 Å². The van der Waals surface area contributed by atoms with Crippen LogP contribution in [0.3, 0.4) is 0 Å². The van der Waals surface area contributed by atoms with Crippen molar-refractivity contribution in [3.05, 3.63) is 41.0 Å². The zero-order valence-electron chi connectivity index (χ0n) is 10.8. The highest BCUT2D eigenvalue weighted by Crippen LogP contribution is 2.12. The number of carbonyl (C=O) groups excluding carboxylic acids is 2. The highest BCUT2D eigenvalue weighted by Gasteiger charge is 2.03. The highest BCUT2D eigenvalue weighted by atomic mass is 16.5. The molecule has 0 aliphatic rings. The summed E-state index contributed by atoms with van der Waals surface area (Å²) >= 11 is 0. The average Bonchev–Trinajstić information content (AvgIpc) is 2.43. The number of methoxy groups -OCH3 is 1. The molecule has 0 radical (unpaired) electrons. The monoisotopic (exact) mass is 246 g/mol. The highest BCUT2D eigenvalue weighted by molar-refractivity contribution is 5.89. The van der Waals surface area contributed by atoms with Crippen LogP contribution in [0.1, 0.15) is 42.1 Å². The minimum absolute atomic E-state index is 0.355. The number of allylic oxidation sites excluding steroid dienone is 1. The maximum Gasteiger partial charge on any atom is 0.337 e. The molecule has 0 N–H and O–H groups in total. The van der Waals surface area contributed by atoms with Gasteiger partial charge in [-0.3, -0.25) is 4.79 Å². The van der Waals surface area contributed by atoms with E-state index in [9.17, 15) is 9.59 Å². The van der Waals surface area contributed by atoms with Crippen LogP contribution in [0.2, 0.25) is 0 Å². The van der Waals surface area contributed by atoms with Crippen LogP contribution in [-0.2, 0) is 9.53 Å². The van der Waals surface area contributed by atoms with Crippen molar-refractivity contribution in [1.82, 2.24) is 0 Å². The van der Waals surface area contributed by atoms with Crippen molar-refractivity contribution < 1.29 is 14.3 Å².